The van der Waals surface area contributed by atoms with Crippen LogP contribution in [0.4, 0.5) is 5.69 Å². The topological polar surface area (TPSA) is 61.9 Å². The van der Waals surface area contributed by atoms with Gasteiger partial charge in [0.05, 0.1) is 12.3 Å². The highest BCUT2D eigenvalue weighted by molar-refractivity contribution is 5.61. The number of oxazole rings is 1. The molecule has 0 bridgehead atoms. The van der Waals surface area contributed by atoms with Crippen LogP contribution >= 0.6 is 0 Å². The molecule has 0 radical (unpaired) electrons. The van der Waals surface area contributed by atoms with E-state index in [9.17, 15) is 0 Å². The number of rotatable bonds is 6. The summed E-state index contributed by atoms with van der Waals surface area (Å²) >= 11 is 0. The highest BCUT2D eigenvalue weighted by Gasteiger charge is 2.17. The summed E-state index contributed by atoms with van der Waals surface area (Å²) in [4.78, 5) is 4.25. The normalized spacial score (nSPS) is 11.1. The maximum Gasteiger partial charge on any atom is 0.226 e. The Morgan fingerprint density at radius 2 is 2.19 bits per heavy atom. The molecule has 0 spiro atoms. The molecule has 1 aromatic carbocycles. The van der Waals surface area contributed by atoms with E-state index in [0.717, 1.165) is 30.0 Å². The minimum Gasteiger partial charge on any atom is -0.441 e. The maximum absolute atomic E-state index is 8.69. The van der Waals surface area contributed by atoms with Crippen molar-refractivity contribution in [3.8, 4) is 17.5 Å². The molecular weight excluding hydrogens is 262 g/mol. The van der Waals surface area contributed by atoms with E-state index < -0.39 is 0 Å². The Hall–Kier alpha value is -2.28. The molecule has 0 saturated carbocycles. The first-order valence-electron chi connectivity index (χ1n) is 7.14. The quantitative estimate of drug-likeness (QED) is 0.854. The second-order valence-electron chi connectivity index (χ2n) is 6.03. The lowest BCUT2D eigenvalue weighted by Crippen LogP contribution is -2.22. The molecule has 110 valence electrons. The first-order chi connectivity index (χ1) is 10.00. The lowest BCUT2D eigenvalue weighted by molar-refractivity contribution is 0.364. The predicted molar refractivity (Wildman–Crippen MR) is 83.8 cm³/mol. The van der Waals surface area contributed by atoms with Gasteiger partial charge in [-0.05, 0) is 37.0 Å². The van der Waals surface area contributed by atoms with E-state index in [1.54, 1.807) is 6.20 Å². The summed E-state index contributed by atoms with van der Waals surface area (Å²) < 4.78 is 5.55. The van der Waals surface area contributed by atoms with Gasteiger partial charge in [0, 0.05) is 24.2 Å². The zero-order valence-corrected chi connectivity index (χ0v) is 12.8. The molecule has 1 N–H and O–H groups in total. The summed E-state index contributed by atoms with van der Waals surface area (Å²) in [6.45, 7) is 7.04. The van der Waals surface area contributed by atoms with E-state index in [2.05, 4.69) is 30.2 Å². The standard InChI is InChI=1S/C17H21N3O/c1-13-11-19-16(21-13)14-6-4-7-15(10-14)20-12-17(2,3)8-5-9-18/h4,6-7,10-11,20H,5,8,12H2,1-3H3. The van der Waals surface area contributed by atoms with Crippen LogP contribution in [0, 0.1) is 23.7 Å². The molecule has 4 nitrogen and oxygen atoms in total. The zero-order chi connectivity index (χ0) is 15.3. The number of nitrogens with zero attached hydrogens (tertiary/aromatic N) is 2. The number of benzene rings is 1. The third-order valence-electron chi connectivity index (χ3n) is 3.42. The Bertz CT molecular complexity index is 637. The van der Waals surface area contributed by atoms with Crippen molar-refractivity contribution in [1.82, 2.24) is 4.98 Å². The van der Waals surface area contributed by atoms with Gasteiger partial charge < -0.3 is 9.73 Å². The Morgan fingerprint density at radius 3 is 2.86 bits per heavy atom. The number of aryl methyl sites for hydroxylation is 1. The van der Waals surface area contributed by atoms with Crippen molar-refractivity contribution in [3.63, 3.8) is 0 Å². The van der Waals surface area contributed by atoms with Gasteiger partial charge in [-0.15, -0.1) is 0 Å². The van der Waals surface area contributed by atoms with Gasteiger partial charge in [-0.2, -0.15) is 5.26 Å². The van der Waals surface area contributed by atoms with E-state index in [0.29, 0.717) is 12.3 Å². The van der Waals surface area contributed by atoms with Crippen LogP contribution in [0.25, 0.3) is 11.5 Å². The summed E-state index contributed by atoms with van der Waals surface area (Å²) in [6, 6.07) is 10.2. The van der Waals surface area contributed by atoms with Gasteiger partial charge in [-0.1, -0.05) is 19.9 Å². The zero-order valence-electron chi connectivity index (χ0n) is 12.8. The minimum atomic E-state index is 0.0885. The number of anilines is 1. The average molecular weight is 283 g/mol. The third-order valence-corrected chi connectivity index (χ3v) is 3.42. The van der Waals surface area contributed by atoms with Gasteiger partial charge in [0.25, 0.3) is 0 Å². The van der Waals surface area contributed by atoms with E-state index in [-0.39, 0.29) is 5.41 Å². The molecule has 0 atom stereocenters. The molecule has 0 amide bonds. The number of nitrogens with one attached hydrogen (secondary N) is 1. The molecule has 0 saturated heterocycles. The van der Waals surface area contributed by atoms with Crippen molar-refractivity contribution in [2.24, 2.45) is 5.41 Å². The van der Waals surface area contributed by atoms with Crippen molar-refractivity contribution in [2.75, 3.05) is 11.9 Å². The molecule has 0 aliphatic heterocycles. The van der Waals surface area contributed by atoms with Gasteiger partial charge in [0.1, 0.15) is 5.76 Å². The number of nitriles is 1. The molecule has 21 heavy (non-hydrogen) atoms. The molecule has 0 unspecified atom stereocenters. The van der Waals surface area contributed by atoms with Gasteiger partial charge >= 0.3 is 0 Å². The fourth-order valence-corrected chi connectivity index (χ4v) is 2.07. The first-order valence-corrected chi connectivity index (χ1v) is 7.14. The monoisotopic (exact) mass is 283 g/mol. The Kier molecular flexibility index (Phi) is 4.64. The minimum absolute atomic E-state index is 0.0885. The highest BCUT2D eigenvalue weighted by Crippen LogP contribution is 2.25. The van der Waals surface area contributed by atoms with Crippen LogP contribution in [0.3, 0.4) is 0 Å². The Balaban J connectivity index is 2.03. The molecule has 0 fully saturated rings. The predicted octanol–water partition coefficient (Wildman–Crippen LogP) is 4.39. The van der Waals surface area contributed by atoms with Crippen molar-refractivity contribution in [1.29, 1.82) is 5.26 Å². The molecule has 0 aliphatic rings. The smallest absolute Gasteiger partial charge is 0.226 e. The summed E-state index contributed by atoms with van der Waals surface area (Å²) in [5.41, 5.74) is 2.09. The summed E-state index contributed by atoms with van der Waals surface area (Å²) in [5, 5.41) is 12.1. The summed E-state index contributed by atoms with van der Waals surface area (Å²) in [6.07, 6.45) is 3.19. The highest BCUT2D eigenvalue weighted by atomic mass is 16.4. The Morgan fingerprint density at radius 1 is 1.38 bits per heavy atom. The molecule has 2 aromatic rings. The molecule has 1 heterocycles. The summed E-state index contributed by atoms with van der Waals surface area (Å²) in [5.74, 6) is 1.45. The van der Waals surface area contributed by atoms with Crippen molar-refractivity contribution in [3.05, 3.63) is 36.2 Å². The maximum atomic E-state index is 8.69. The molecule has 0 aliphatic carbocycles. The van der Waals surface area contributed by atoms with E-state index >= 15 is 0 Å². The van der Waals surface area contributed by atoms with E-state index in [1.165, 1.54) is 0 Å². The lowest BCUT2D eigenvalue weighted by Gasteiger charge is -2.24. The fraction of sp³-hybridized carbons (Fsp3) is 0.412. The second kappa shape index (κ2) is 6.45. The van der Waals surface area contributed by atoms with Gasteiger partial charge in [0.15, 0.2) is 0 Å². The van der Waals surface area contributed by atoms with Crippen LogP contribution in [-0.2, 0) is 0 Å². The van der Waals surface area contributed by atoms with Gasteiger partial charge in [-0.25, -0.2) is 4.98 Å². The van der Waals surface area contributed by atoms with Crippen LogP contribution in [0.15, 0.2) is 34.9 Å². The average Bonchev–Trinajstić information content (AvgIpc) is 2.90. The molecular formula is C17H21N3O. The number of hydrogen-bond donors (Lipinski definition) is 1. The fourth-order valence-electron chi connectivity index (χ4n) is 2.07. The largest absolute Gasteiger partial charge is 0.441 e. The SMILES string of the molecule is Cc1cnc(-c2cccc(NCC(C)(C)CCC#N)c2)o1. The van der Waals surface area contributed by atoms with Gasteiger partial charge in [-0.3, -0.25) is 0 Å². The number of aromatic nitrogens is 1. The lowest BCUT2D eigenvalue weighted by atomic mass is 9.88. The van der Waals surface area contributed by atoms with Crippen molar-refractivity contribution >= 4 is 5.69 Å². The van der Waals surface area contributed by atoms with Crippen LogP contribution in [-0.4, -0.2) is 11.5 Å². The molecule has 1 aromatic heterocycles. The molecule has 4 heteroatoms. The van der Waals surface area contributed by atoms with Crippen LogP contribution in [0.5, 0.6) is 0 Å². The van der Waals surface area contributed by atoms with Crippen molar-refractivity contribution < 1.29 is 4.42 Å². The third kappa shape index (κ3) is 4.35. The first kappa shape index (κ1) is 15.1. The van der Waals surface area contributed by atoms with Crippen LogP contribution < -0.4 is 5.32 Å². The van der Waals surface area contributed by atoms with Crippen LogP contribution in [0.1, 0.15) is 32.4 Å². The Labute approximate surface area is 125 Å². The van der Waals surface area contributed by atoms with Gasteiger partial charge in [0.2, 0.25) is 5.89 Å². The second-order valence-corrected chi connectivity index (χ2v) is 6.03. The van der Waals surface area contributed by atoms with Crippen LogP contribution in [0.2, 0.25) is 0 Å². The van der Waals surface area contributed by atoms with Crippen molar-refractivity contribution in [2.45, 2.75) is 33.6 Å². The molecule has 2 rings (SSSR count). The van der Waals surface area contributed by atoms with E-state index in [4.69, 9.17) is 9.68 Å². The number of hydrogen-bond acceptors (Lipinski definition) is 4. The van der Waals surface area contributed by atoms with E-state index in [1.807, 2.05) is 31.2 Å². The summed E-state index contributed by atoms with van der Waals surface area (Å²) in [7, 11) is 0.